The predicted molar refractivity (Wildman–Crippen MR) is 112 cm³/mol. The molecule has 2 heterocycles. The van der Waals surface area contributed by atoms with Gasteiger partial charge in [-0.05, 0) is 49.6 Å². The Hall–Kier alpha value is -3.43. The second-order valence-corrected chi connectivity index (χ2v) is 7.46. The number of para-hydroxylation sites is 1. The predicted octanol–water partition coefficient (Wildman–Crippen LogP) is 3.28. The average molecular weight is 385 g/mol. The van der Waals surface area contributed by atoms with Crippen molar-refractivity contribution in [3.05, 3.63) is 71.4 Å². The number of likely N-dealkylation sites (tertiary alicyclic amines) is 1. The molecule has 0 bridgehead atoms. The number of aryl methyl sites for hydroxylation is 1. The normalized spacial score (nSPS) is 16.4. The van der Waals surface area contributed by atoms with Gasteiger partial charge in [-0.25, -0.2) is 4.68 Å². The number of nitrogens with zero attached hydrogens (tertiary/aromatic N) is 4. The van der Waals surface area contributed by atoms with Crippen LogP contribution in [0, 0.1) is 18.3 Å². The SMILES string of the molecule is Cc1ccccc1-n1nc(C(=O)N2CCC[C@@H](N)C2)cc1-c1ccc(C#N)cc1. The summed E-state index contributed by atoms with van der Waals surface area (Å²) in [5.41, 5.74) is 10.7. The minimum atomic E-state index is -0.0950. The zero-order valence-electron chi connectivity index (χ0n) is 16.4. The lowest BCUT2D eigenvalue weighted by Gasteiger charge is -2.30. The maximum Gasteiger partial charge on any atom is 0.274 e. The minimum absolute atomic E-state index is 0.0177. The van der Waals surface area contributed by atoms with Gasteiger partial charge in [-0.1, -0.05) is 30.3 Å². The zero-order chi connectivity index (χ0) is 20.4. The summed E-state index contributed by atoms with van der Waals surface area (Å²) in [5.74, 6) is -0.0950. The Morgan fingerprint density at radius 3 is 2.66 bits per heavy atom. The van der Waals surface area contributed by atoms with E-state index < -0.39 is 0 Å². The largest absolute Gasteiger partial charge is 0.336 e. The smallest absolute Gasteiger partial charge is 0.274 e. The van der Waals surface area contributed by atoms with Crippen LogP contribution in [-0.4, -0.2) is 39.7 Å². The minimum Gasteiger partial charge on any atom is -0.336 e. The number of amides is 1. The van der Waals surface area contributed by atoms with Crippen LogP contribution in [0.15, 0.2) is 54.6 Å². The van der Waals surface area contributed by atoms with Crippen molar-refractivity contribution >= 4 is 5.91 Å². The van der Waals surface area contributed by atoms with Gasteiger partial charge in [0.15, 0.2) is 5.69 Å². The zero-order valence-corrected chi connectivity index (χ0v) is 16.4. The van der Waals surface area contributed by atoms with Crippen molar-refractivity contribution in [2.24, 2.45) is 5.73 Å². The molecule has 6 heteroatoms. The van der Waals surface area contributed by atoms with Crippen LogP contribution in [0.5, 0.6) is 0 Å². The first-order valence-electron chi connectivity index (χ1n) is 9.78. The van der Waals surface area contributed by atoms with Gasteiger partial charge in [0.25, 0.3) is 5.91 Å². The summed E-state index contributed by atoms with van der Waals surface area (Å²) in [7, 11) is 0. The molecular weight excluding hydrogens is 362 g/mol. The van der Waals surface area contributed by atoms with Gasteiger partial charge in [0, 0.05) is 24.7 Å². The van der Waals surface area contributed by atoms with E-state index in [1.165, 1.54) is 0 Å². The van der Waals surface area contributed by atoms with E-state index in [2.05, 4.69) is 11.2 Å². The monoisotopic (exact) mass is 385 g/mol. The number of carbonyl (C=O) groups excluding carboxylic acids is 1. The van der Waals surface area contributed by atoms with Crippen LogP contribution in [0.3, 0.4) is 0 Å². The number of nitrogens with two attached hydrogens (primary N) is 1. The third kappa shape index (κ3) is 3.78. The van der Waals surface area contributed by atoms with E-state index in [4.69, 9.17) is 11.0 Å². The molecule has 146 valence electrons. The molecule has 0 radical (unpaired) electrons. The second kappa shape index (κ2) is 7.90. The molecule has 4 rings (SSSR count). The molecule has 6 nitrogen and oxygen atoms in total. The van der Waals surface area contributed by atoms with Gasteiger partial charge < -0.3 is 10.6 Å². The van der Waals surface area contributed by atoms with E-state index in [0.717, 1.165) is 35.3 Å². The molecule has 1 amide bonds. The lowest BCUT2D eigenvalue weighted by atomic mass is 10.1. The van der Waals surface area contributed by atoms with Crippen molar-refractivity contribution in [1.29, 1.82) is 5.26 Å². The fourth-order valence-electron chi connectivity index (χ4n) is 3.75. The van der Waals surface area contributed by atoms with Gasteiger partial charge in [-0.15, -0.1) is 0 Å². The summed E-state index contributed by atoms with van der Waals surface area (Å²) in [6.07, 6.45) is 1.85. The summed E-state index contributed by atoms with van der Waals surface area (Å²) >= 11 is 0. The van der Waals surface area contributed by atoms with Gasteiger partial charge in [0.05, 0.1) is 23.0 Å². The molecule has 1 aliphatic rings. The maximum absolute atomic E-state index is 13.1. The Kier molecular flexibility index (Phi) is 5.15. The van der Waals surface area contributed by atoms with Crippen molar-refractivity contribution < 1.29 is 4.79 Å². The standard InChI is InChI=1S/C23H23N5O/c1-16-5-2-3-7-21(16)28-22(18-10-8-17(14-24)9-11-18)13-20(26-28)23(29)27-12-4-6-19(25)15-27/h2-3,5,7-11,13,19H,4,6,12,15,25H2,1H3/t19-/m1/s1. The Balaban J connectivity index is 1.79. The highest BCUT2D eigenvalue weighted by Crippen LogP contribution is 2.27. The van der Waals surface area contributed by atoms with Crippen LogP contribution >= 0.6 is 0 Å². The van der Waals surface area contributed by atoms with Crippen molar-refractivity contribution in [3.8, 4) is 23.0 Å². The van der Waals surface area contributed by atoms with Crippen LogP contribution in [0.25, 0.3) is 16.9 Å². The van der Waals surface area contributed by atoms with Crippen molar-refractivity contribution in [2.45, 2.75) is 25.8 Å². The molecule has 0 saturated carbocycles. The number of aromatic nitrogens is 2. The highest BCUT2D eigenvalue weighted by molar-refractivity contribution is 5.93. The summed E-state index contributed by atoms with van der Waals surface area (Å²) in [6, 6.07) is 19.2. The molecule has 3 aromatic rings. The van der Waals surface area contributed by atoms with Gasteiger partial charge in [-0.3, -0.25) is 4.79 Å². The quantitative estimate of drug-likeness (QED) is 0.749. The van der Waals surface area contributed by atoms with Crippen LogP contribution in [0.4, 0.5) is 0 Å². The molecule has 1 aromatic heterocycles. The highest BCUT2D eigenvalue weighted by atomic mass is 16.2. The number of rotatable bonds is 3. The van der Waals surface area contributed by atoms with E-state index in [1.807, 2.05) is 54.1 Å². The van der Waals surface area contributed by atoms with E-state index >= 15 is 0 Å². The number of nitriles is 1. The Labute approximate surface area is 170 Å². The number of hydrogen-bond acceptors (Lipinski definition) is 4. The topological polar surface area (TPSA) is 87.9 Å². The van der Waals surface area contributed by atoms with Gasteiger partial charge in [0.2, 0.25) is 0 Å². The Bertz CT molecular complexity index is 1080. The first-order chi connectivity index (χ1) is 14.1. The van der Waals surface area contributed by atoms with Gasteiger partial charge in [-0.2, -0.15) is 10.4 Å². The van der Waals surface area contributed by atoms with Crippen LogP contribution in [0.2, 0.25) is 0 Å². The third-order valence-electron chi connectivity index (χ3n) is 5.33. The highest BCUT2D eigenvalue weighted by Gasteiger charge is 2.26. The van der Waals surface area contributed by atoms with E-state index in [-0.39, 0.29) is 11.9 Å². The number of benzene rings is 2. The molecular formula is C23H23N5O. The lowest BCUT2D eigenvalue weighted by Crippen LogP contribution is -2.45. The summed E-state index contributed by atoms with van der Waals surface area (Å²) < 4.78 is 1.81. The van der Waals surface area contributed by atoms with Crippen molar-refractivity contribution in [1.82, 2.24) is 14.7 Å². The average Bonchev–Trinajstić information content (AvgIpc) is 3.18. The molecule has 2 aromatic carbocycles. The second-order valence-electron chi connectivity index (χ2n) is 7.46. The maximum atomic E-state index is 13.1. The van der Waals surface area contributed by atoms with Crippen LogP contribution < -0.4 is 5.73 Å². The number of piperidine rings is 1. The summed E-state index contributed by atoms with van der Waals surface area (Å²) in [6.45, 7) is 3.28. The molecule has 1 atom stereocenters. The Morgan fingerprint density at radius 1 is 1.21 bits per heavy atom. The Morgan fingerprint density at radius 2 is 1.97 bits per heavy atom. The summed E-state index contributed by atoms with van der Waals surface area (Å²) in [5, 5.41) is 13.8. The van der Waals surface area contributed by atoms with Crippen LogP contribution in [0.1, 0.15) is 34.5 Å². The lowest BCUT2D eigenvalue weighted by molar-refractivity contribution is 0.0702. The van der Waals surface area contributed by atoms with E-state index in [1.54, 1.807) is 17.0 Å². The van der Waals surface area contributed by atoms with Gasteiger partial charge in [0.1, 0.15) is 0 Å². The van der Waals surface area contributed by atoms with Crippen molar-refractivity contribution in [2.75, 3.05) is 13.1 Å². The molecule has 2 N–H and O–H groups in total. The van der Waals surface area contributed by atoms with Gasteiger partial charge >= 0.3 is 0 Å². The number of hydrogen-bond donors (Lipinski definition) is 1. The fourth-order valence-corrected chi connectivity index (χ4v) is 3.75. The summed E-state index contributed by atoms with van der Waals surface area (Å²) in [4.78, 5) is 14.9. The first kappa shape index (κ1) is 18.9. The van der Waals surface area contributed by atoms with Crippen molar-refractivity contribution in [3.63, 3.8) is 0 Å². The number of carbonyl (C=O) groups is 1. The molecule has 1 aliphatic heterocycles. The molecule has 29 heavy (non-hydrogen) atoms. The third-order valence-corrected chi connectivity index (χ3v) is 5.33. The molecule has 0 unspecified atom stereocenters. The molecule has 1 saturated heterocycles. The van der Waals surface area contributed by atoms with Crippen LogP contribution in [-0.2, 0) is 0 Å². The molecule has 0 aliphatic carbocycles. The van der Waals surface area contributed by atoms with E-state index in [0.29, 0.717) is 24.3 Å². The van der Waals surface area contributed by atoms with E-state index in [9.17, 15) is 4.79 Å². The fraction of sp³-hybridized carbons (Fsp3) is 0.261. The molecule has 1 fully saturated rings. The first-order valence-corrected chi connectivity index (χ1v) is 9.78. The molecule has 0 spiro atoms.